The Hall–Kier alpha value is -5.02. The minimum atomic E-state index is -1.06. The van der Waals surface area contributed by atoms with Crippen LogP contribution in [-0.2, 0) is 62.5 Å². The van der Waals surface area contributed by atoms with Gasteiger partial charge in [-0.05, 0) is 126 Å². The molecule has 0 aliphatic carbocycles. The molecule has 66 heavy (non-hydrogen) atoms. The fourth-order valence-electron chi connectivity index (χ4n) is 6.94. The maximum atomic E-state index is 13.6. The summed E-state index contributed by atoms with van der Waals surface area (Å²) in [6.07, 6.45) is 14.1. The number of esters is 2. The van der Waals surface area contributed by atoms with Gasteiger partial charge in [-0.3, -0.25) is 9.59 Å². The van der Waals surface area contributed by atoms with Gasteiger partial charge in [-0.1, -0.05) is 45.3 Å². The van der Waals surface area contributed by atoms with Crippen LogP contribution in [0.15, 0.2) is 39.7 Å². The van der Waals surface area contributed by atoms with E-state index in [9.17, 15) is 33.6 Å². The molecule has 18 heteroatoms. The molecule has 0 aliphatic rings. The third kappa shape index (κ3) is 23.4. The maximum absolute atomic E-state index is 13.6. The largest absolute Gasteiger partial charge is 0.457 e. The molecule has 1 aromatic heterocycles. The predicted molar refractivity (Wildman–Crippen MR) is 251 cm³/mol. The van der Waals surface area contributed by atoms with Crippen molar-refractivity contribution in [2.75, 3.05) is 32.9 Å². The number of aromatic nitrogens is 3. The first-order chi connectivity index (χ1) is 31.0. The first-order valence-electron chi connectivity index (χ1n) is 23.5. The van der Waals surface area contributed by atoms with Crippen molar-refractivity contribution < 1.29 is 42.9 Å². The van der Waals surface area contributed by atoms with Crippen LogP contribution < -0.4 is 27.7 Å². The molecule has 0 fully saturated rings. The van der Waals surface area contributed by atoms with Gasteiger partial charge in [0.1, 0.15) is 29.0 Å². The summed E-state index contributed by atoms with van der Waals surface area (Å²) >= 11 is 0. The second-order valence-electron chi connectivity index (χ2n) is 18.7. The van der Waals surface area contributed by atoms with Gasteiger partial charge in [0, 0.05) is 58.1 Å². The zero-order valence-corrected chi connectivity index (χ0v) is 41.2. The van der Waals surface area contributed by atoms with E-state index >= 15 is 0 Å². The average Bonchev–Trinajstić information content (AvgIpc) is 3.25. The molecule has 2 amide bonds. The number of rotatable bonds is 37. The van der Waals surface area contributed by atoms with Gasteiger partial charge in [0.05, 0.1) is 0 Å². The first-order valence-corrected chi connectivity index (χ1v) is 23.5. The van der Waals surface area contributed by atoms with E-state index in [-0.39, 0.29) is 31.4 Å². The van der Waals surface area contributed by atoms with E-state index in [0.29, 0.717) is 116 Å². The smallest absolute Gasteiger partial charge is 0.336 e. The molecule has 0 saturated carbocycles. The Labute approximate surface area is 391 Å². The van der Waals surface area contributed by atoms with Crippen LogP contribution >= 0.6 is 0 Å². The molecule has 1 aromatic rings. The summed E-state index contributed by atoms with van der Waals surface area (Å²) in [5.74, 6) is -1.48. The van der Waals surface area contributed by atoms with E-state index in [1.54, 1.807) is 61.6 Å². The lowest BCUT2D eigenvalue weighted by molar-refractivity contribution is -0.153. The summed E-state index contributed by atoms with van der Waals surface area (Å²) in [7, 11) is 0. The van der Waals surface area contributed by atoms with Crippen molar-refractivity contribution in [2.24, 2.45) is 0 Å². The quantitative estimate of drug-likeness (QED) is 0.0351. The number of hydrogen-bond acceptors (Lipinski definition) is 13. The molecule has 0 saturated heterocycles. The Morgan fingerprint density at radius 3 is 1.20 bits per heavy atom. The first kappa shape index (κ1) is 59.0. The van der Waals surface area contributed by atoms with Crippen LogP contribution in [0.2, 0.25) is 0 Å². The van der Waals surface area contributed by atoms with Gasteiger partial charge in [-0.2, -0.15) is 5.26 Å². The third-order valence-electron chi connectivity index (χ3n) is 11.0. The standard InChI is InChI=1S/C48H80N6O12/c1-11-38(55)65-45(3,4)27-25-35-63-47(7,8)40(57)50-29-19-13-15-21-31-52-42(59)53(44(61)54(43(52)60)33-23-17-18-24-34-62-37-49)32-22-16-14-20-30-51-41(58)48(9,10)64-36-26-28-46(5,6)66-39(56)12-2/h11-12H,1-2,13-36H2,3-10H3,(H,50,57)(H,51,58). The van der Waals surface area contributed by atoms with E-state index in [0.717, 1.165) is 45.1 Å². The zero-order valence-electron chi connectivity index (χ0n) is 41.2. The van der Waals surface area contributed by atoms with Crippen LogP contribution in [0.4, 0.5) is 0 Å². The van der Waals surface area contributed by atoms with Gasteiger partial charge in [0.15, 0.2) is 0 Å². The summed E-state index contributed by atoms with van der Waals surface area (Å²) in [6, 6.07) is 0. The third-order valence-corrected chi connectivity index (χ3v) is 11.0. The maximum Gasteiger partial charge on any atom is 0.336 e. The molecule has 0 radical (unpaired) electrons. The van der Waals surface area contributed by atoms with Gasteiger partial charge >= 0.3 is 29.0 Å². The van der Waals surface area contributed by atoms with Gasteiger partial charge < -0.3 is 34.3 Å². The lowest BCUT2D eigenvalue weighted by Crippen LogP contribution is -2.54. The molecule has 1 rings (SSSR count). The number of hydrogen-bond donors (Lipinski definition) is 2. The van der Waals surface area contributed by atoms with Crippen LogP contribution in [-0.4, -0.2) is 92.8 Å². The van der Waals surface area contributed by atoms with E-state index < -0.39 is 51.4 Å². The average molecular weight is 933 g/mol. The van der Waals surface area contributed by atoms with Crippen molar-refractivity contribution in [3.05, 3.63) is 56.8 Å². The van der Waals surface area contributed by atoms with Gasteiger partial charge in [0.2, 0.25) is 0 Å². The van der Waals surface area contributed by atoms with Crippen LogP contribution in [0.1, 0.15) is 158 Å². The van der Waals surface area contributed by atoms with E-state index in [4.69, 9.17) is 28.9 Å². The highest BCUT2D eigenvalue weighted by Gasteiger charge is 2.30. The molecule has 1 heterocycles. The van der Waals surface area contributed by atoms with Crippen molar-refractivity contribution in [1.82, 2.24) is 24.3 Å². The lowest BCUT2D eigenvalue weighted by atomic mass is 10.0. The fourth-order valence-corrected chi connectivity index (χ4v) is 6.94. The normalized spacial score (nSPS) is 11.9. The number of amides is 2. The second kappa shape index (κ2) is 30.3. The van der Waals surface area contributed by atoms with Crippen molar-refractivity contribution in [3.8, 4) is 6.26 Å². The van der Waals surface area contributed by atoms with Gasteiger partial charge in [0.25, 0.3) is 18.1 Å². The molecule has 0 unspecified atom stereocenters. The Kier molecular flexibility index (Phi) is 27.1. The molecule has 18 nitrogen and oxygen atoms in total. The molecule has 2 N–H and O–H groups in total. The number of nitriles is 1. The van der Waals surface area contributed by atoms with Crippen LogP contribution in [0, 0.1) is 11.5 Å². The van der Waals surface area contributed by atoms with E-state index in [2.05, 4.69) is 23.8 Å². The van der Waals surface area contributed by atoms with Crippen LogP contribution in [0.5, 0.6) is 0 Å². The summed E-state index contributed by atoms with van der Waals surface area (Å²) < 4.78 is 30.5. The summed E-state index contributed by atoms with van der Waals surface area (Å²) in [6.45, 7) is 23.1. The summed E-state index contributed by atoms with van der Waals surface area (Å²) in [4.78, 5) is 89.5. The van der Waals surface area contributed by atoms with Crippen molar-refractivity contribution in [3.63, 3.8) is 0 Å². The highest BCUT2D eigenvalue weighted by atomic mass is 16.6. The summed E-state index contributed by atoms with van der Waals surface area (Å²) in [5.41, 5.74) is -5.39. The number of carbonyl (C=O) groups is 4. The lowest BCUT2D eigenvalue weighted by Gasteiger charge is -2.27. The Morgan fingerprint density at radius 1 is 0.530 bits per heavy atom. The Morgan fingerprint density at radius 2 is 0.864 bits per heavy atom. The molecular weight excluding hydrogens is 853 g/mol. The highest BCUT2D eigenvalue weighted by molar-refractivity contribution is 5.84. The molecule has 0 aliphatic heterocycles. The molecule has 0 aromatic carbocycles. The highest BCUT2D eigenvalue weighted by Crippen LogP contribution is 2.20. The predicted octanol–water partition coefficient (Wildman–Crippen LogP) is 5.75. The molecule has 0 atom stereocenters. The number of unbranched alkanes of at least 4 members (excludes halogenated alkanes) is 9. The van der Waals surface area contributed by atoms with Gasteiger partial charge in [-0.25, -0.2) is 37.7 Å². The number of nitrogens with zero attached hydrogens (tertiary/aromatic N) is 4. The summed E-state index contributed by atoms with van der Waals surface area (Å²) in [5, 5.41) is 14.4. The van der Waals surface area contributed by atoms with Crippen molar-refractivity contribution >= 4 is 23.8 Å². The minimum Gasteiger partial charge on any atom is -0.457 e. The molecule has 0 bridgehead atoms. The van der Waals surface area contributed by atoms with Crippen LogP contribution in [0.3, 0.4) is 0 Å². The van der Waals surface area contributed by atoms with Crippen molar-refractivity contribution in [1.29, 1.82) is 5.26 Å². The fraction of sp³-hybridized carbons (Fsp3) is 0.750. The number of ether oxygens (including phenoxy) is 5. The number of carbonyl (C=O) groups excluding carboxylic acids is 4. The van der Waals surface area contributed by atoms with Gasteiger partial charge in [-0.15, -0.1) is 0 Å². The topological polar surface area (TPSA) is 228 Å². The second-order valence-corrected chi connectivity index (χ2v) is 18.7. The Bertz CT molecular complexity index is 1800. The SMILES string of the molecule is C=CC(=O)OC(C)(C)CCCOC(C)(C)C(=O)NCCCCCCn1c(=O)n(CCCCCCNC(=O)C(C)(C)OCCCC(C)(C)OC(=O)C=C)c(=O)n(CCCCCCOC#N)c1=O. The number of nitrogens with one attached hydrogen (secondary N) is 2. The minimum absolute atomic E-state index is 0.142. The molecule has 0 spiro atoms. The van der Waals surface area contributed by atoms with Crippen LogP contribution in [0.25, 0.3) is 0 Å². The Balaban J connectivity index is 2.71. The van der Waals surface area contributed by atoms with E-state index in [1.165, 1.54) is 0 Å². The molecular formula is C48H80N6O12. The van der Waals surface area contributed by atoms with Crippen molar-refractivity contribution in [2.45, 2.75) is 200 Å². The molecule has 374 valence electrons. The zero-order chi connectivity index (χ0) is 49.8. The van der Waals surface area contributed by atoms with E-state index in [1.807, 2.05) is 0 Å². The monoisotopic (exact) mass is 933 g/mol.